The molecule has 0 saturated carbocycles. The van der Waals surface area contributed by atoms with Crippen LogP contribution in [0.15, 0.2) is 47.5 Å². The van der Waals surface area contributed by atoms with Gasteiger partial charge in [-0.25, -0.2) is 4.99 Å². The topological polar surface area (TPSA) is 78.1 Å². The molecule has 0 saturated heterocycles. The second kappa shape index (κ2) is 9.36. The maximum absolute atomic E-state index is 5.97. The quantitative estimate of drug-likeness (QED) is 0.420. The van der Waals surface area contributed by atoms with Gasteiger partial charge in [-0.1, -0.05) is 12.1 Å². The lowest BCUT2D eigenvalue weighted by molar-refractivity contribution is 0.296. The molecule has 134 valence electrons. The van der Waals surface area contributed by atoms with Gasteiger partial charge in [0.2, 0.25) is 0 Å². The van der Waals surface area contributed by atoms with E-state index in [4.69, 9.17) is 19.9 Å². The first-order valence-corrected chi connectivity index (χ1v) is 7.85. The molecule has 1 aliphatic rings. The van der Waals surface area contributed by atoms with E-state index in [9.17, 15) is 0 Å². The highest BCUT2D eigenvalue weighted by Gasteiger charge is 2.14. The van der Waals surface area contributed by atoms with Crippen LogP contribution in [0.25, 0.3) is 0 Å². The number of fused-ring (bicyclic) bond motifs is 1. The van der Waals surface area contributed by atoms with Crippen LogP contribution < -0.4 is 25.3 Å². The van der Waals surface area contributed by atoms with Crippen molar-refractivity contribution in [3.05, 3.63) is 48.0 Å². The van der Waals surface area contributed by atoms with Crippen molar-refractivity contribution >= 4 is 35.6 Å². The van der Waals surface area contributed by atoms with Gasteiger partial charge in [-0.3, -0.25) is 0 Å². The van der Waals surface area contributed by atoms with E-state index in [2.05, 4.69) is 10.3 Å². The number of aliphatic imine (C=N–C) groups is 1. The van der Waals surface area contributed by atoms with Crippen LogP contribution in [0.2, 0.25) is 0 Å². The molecule has 0 radical (unpaired) electrons. The molecule has 0 bridgehead atoms. The van der Waals surface area contributed by atoms with Crippen LogP contribution in [0.4, 0.5) is 5.69 Å². The highest BCUT2D eigenvalue weighted by molar-refractivity contribution is 14.0. The van der Waals surface area contributed by atoms with Gasteiger partial charge in [0.15, 0.2) is 17.5 Å². The fourth-order valence-corrected chi connectivity index (χ4v) is 2.41. The molecule has 3 N–H and O–H groups in total. The lowest BCUT2D eigenvalue weighted by Gasteiger charge is -2.11. The Kier molecular flexibility index (Phi) is 7.17. The monoisotopic (exact) mass is 455 g/mol. The molecule has 0 amide bonds. The molecule has 3 rings (SSSR count). The summed E-state index contributed by atoms with van der Waals surface area (Å²) in [6.45, 7) is 1.73. The minimum Gasteiger partial charge on any atom is -0.497 e. The second-order valence-electron chi connectivity index (χ2n) is 5.35. The average molecular weight is 455 g/mol. The summed E-state index contributed by atoms with van der Waals surface area (Å²) < 4.78 is 16.6. The van der Waals surface area contributed by atoms with Gasteiger partial charge in [-0.15, -0.1) is 24.0 Å². The zero-order valence-electron chi connectivity index (χ0n) is 14.0. The summed E-state index contributed by atoms with van der Waals surface area (Å²) in [5.74, 6) is 2.66. The number of anilines is 1. The number of nitrogens with two attached hydrogens (primary N) is 1. The minimum atomic E-state index is 0. The summed E-state index contributed by atoms with van der Waals surface area (Å²) in [5.41, 5.74) is 7.77. The predicted molar refractivity (Wildman–Crippen MR) is 109 cm³/mol. The van der Waals surface area contributed by atoms with Crippen LogP contribution in [0.1, 0.15) is 12.0 Å². The summed E-state index contributed by atoms with van der Waals surface area (Å²) in [5, 5.41) is 3.06. The van der Waals surface area contributed by atoms with Crippen LogP contribution in [0.3, 0.4) is 0 Å². The number of para-hydroxylation sites is 1. The highest BCUT2D eigenvalue weighted by atomic mass is 127. The van der Waals surface area contributed by atoms with Crippen molar-refractivity contribution in [2.75, 3.05) is 25.6 Å². The Morgan fingerprint density at radius 1 is 1.16 bits per heavy atom. The fourth-order valence-electron chi connectivity index (χ4n) is 2.41. The van der Waals surface area contributed by atoms with Crippen LogP contribution >= 0.6 is 24.0 Å². The van der Waals surface area contributed by atoms with Gasteiger partial charge in [-0.05, 0) is 30.3 Å². The molecule has 2 aromatic carbocycles. The average Bonchev–Trinajstić information content (AvgIpc) is 2.86. The number of nitrogens with one attached hydrogen (secondary N) is 1. The van der Waals surface area contributed by atoms with E-state index < -0.39 is 0 Å². The van der Waals surface area contributed by atoms with Crippen molar-refractivity contribution in [1.82, 2.24) is 0 Å². The van der Waals surface area contributed by atoms with Gasteiger partial charge in [0.1, 0.15) is 5.75 Å². The summed E-state index contributed by atoms with van der Waals surface area (Å²) in [6.07, 6.45) is 0.874. The van der Waals surface area contributed by atoms with E-state index in [0.717, 1.165) is 34.9 Å². The van der Waals surface area contributed by atoms with E-state index in [1.54, 1.807) is 7.11 Å². The number of methoxy groups -OCH3 is 1. The van der Waals surface area contributed by atoms with E-state index in [1.165, 1.54) is 0 Å². The molecule has 0 atom stereocenters. The number of hydrogen-bond donors (Lipinski definition) is 2. The Bertz CT molecular complexity index is 720. The zero-order valence-corrected chi connectivity index (χ0v) is 16.4. The summed E-state index contributed by atoms with van der Waals surface area (Å²) in [7, 11) is 1.63. The number of guanidine groups is 1. The SMILES string of the molecule is COc1ccc(NC(N)=NCc2cccc3c2OCCCO3)cc1.I. The van der Waals surface area contributed by atoms with E-state index in [0.29, 0.717) is 25.7 Å². The maximum atomic E-state index is 5.97. The van der Waals surface area contributed by atoms with Gasteiger partial charge in [0, 0.05) is 17.7 Å². The third-order valence-corrected chi connectivity index (χ3v) is 3.64. The highest BCUT2D eigenvalue weighted by Crippen LogP contribution is 2.33. The van der Waals surface area contributed by atoms with Crippen molar-refractivity contribution in [1.29, 1.82) is 0 Å². The molecule has 25 heavy (non-hydrogen) atoms. The second-order valence-corrected chi connectivity index (χ2v) is 5.35. The molecule has 0 unspecified atom stereocenters. The first-order valence-electron chi connectivity index (χ1n) is 7.85. The number of benzene rings is 2. The number of rotatable bonds is 4. The van der Waals surface area contributed by atoms with Gasteiger partial charge < -0.3 is 25.3 Å². The molecule has 2 aromatic rings. The van der Waals surface area contributed by atoms with Crippen LogP contribution in [-0.2, 0) is 6.54 Å². The number of hydrogen-bond acceptors (Lipinski definition) is 4. The Labute approximate surface area is 164 Å². The van der Waals surface area contributed by atoms with Crippen LogP contribution in [-0.4, -0.2) is 26.3 Å². The Balaban J connectivity index is 0.00000225. The van der Waals surface area contributed by atoms with E-state index in [-0.39, 0.29) is 24.0 Å². The van der Waals surface area contributed by atoms with Gasteiger partial charge in [0.05, 0.1) is 26.9 Å². The third-order valence-electron chi connectivity index (χ3n) is 3.64. The first-order chi connectivity index (χ1) is 11.8. The molecule has 1 aliphatic heterocycles. The number of nitrogens with zero attached hydrogens (tertiary/aromatic N) is 1. The Hall–Kier alpha value is -2.16. The normalized spacial score (nSPS) is 13.4. The smallest absolute Gasteiger partial charge is 0.193 e. The van der Waals surface area contributed by atoms with Gasteiger partial charge in [0.25, 0.3) is 0 Å². The van der Waals surface area contributed by atoms with Gasteiger partial charge >= 0.3 is 0 Å². The molecule has 7 heteroatoms. The van der Waals surface area contributed by atoms with Crippen molar-refractivity contribution in [3.8, 4) is 17.2 Å². The van der Waals surface area contributed by atoms with Crippen LogP contribution in [0.5, 0.6) is 17.2 Å². The third kappa shape index (κ3) is 5.15. The van der Waals surface area contributed by atoms with Crippen molar-refractivity contribution in [3.63, 3.8) is 0 Å². The van der Waals surface area contributed by atoms with E-state index >= 15 is 0 Å². The fraction of sp³-hybridized carbons (Fsp3) is 0.278. The Morgan fingerprint density at radius 2 is 1.92 bits per heavy atom. The molecule has 1 heterocycles. The minimum absolute atomic E-state index is 0. The number of ether oxygens (including phenoxy) is 3. The summed E-state index contributed by atoms with van der Waals surface area (Å²) >= 11 is 0. The molecule has 0 aromatic heterocycles. The molecule has 6 nitrogen and oxygen atoms in total. The molecular weight excluding hydrogens is 433 g/mol. The predicted octanol–water partition coefficient (Wildman–Crippen LogP) is 3.40. The van der Waals surface area contributed by atoms with Crippen LogP contribution in [0, 0.1) is 0 Å². The lowest BCUT2D eigenvalue weighted by Crippen LogP contribution is -2.22. The Morgan fingerprint density at radius 3 is 2.68 bits per heavy atom. The summed E-state index contributed by atoms with van der Waals surface area (Å²) in [6, 6.07) is 13.3. The van der Waals surface area contributed by atoms with E-state index in [1.807, 2.05) is 42.5 Å². The summed E-state index contributed by atoms with van der Waals surface area (Å²) in [4.78, 5) is 4.39. The molecule has 0 aliphatic carbocycles. The molecule has 0 fully saturated rings. The maximum Gasteiger partial charge on any atom is 0.193 e. The molecule has 0 spiro atoms. The number of halogens is 1. The first kappa shape index (κ1) is 19.2. The lowest BCUT2D eigenvalue weighted by atomic mass is 10.2. The van der Waals surface area contributed by atoms with Crippen molar-refractivity contribution in [2.45, 2.75) is 13.0 Å². The van der Waals surface area contributed by atoms with Crippen molar-refractivity contribution in [2.24, 2.45) is 10.7 Å². The molecular formula is C18H22IN3O3. The van der Waals surface area contributed by atoms with Crippen molar-refractivity contribution < 1.29 is 14.2 Å². The standard InChI is InChI=1S/C18H21N3O3.HI/c1-22-15-8-6-14(7-9-15)21-18(19)20-12-13-4-2-5-16-17(13)24-11-3-10-23-16;/h2,4-9H,3,10-12H2,1H3,(H3,19,20,21);1H. The zero-order chi connectivity index (χ0) is 16.8. The largest absolute Gasteiger partial charge is 0.497 e. The van der Waals surface area contributed by atoms with Gasteiger partial charge in [-0.2, -0.15) is 0 Å².